The monoisotopic (exact) mass is 644 g/mol. The summed E-state index contributed by atoms with van der Waals surface area (Å²) in [7, 11) is 0. The summed E-state index contributed by atoms with van der Waals surface area (Å²) in [5, 5.41) is 112. The Morgan fingerprint density at radius 2 is 1.40 bits per heavy atom. The minimum atomic E-state index is -1.97. The molecule has 0 saturated carbocycles. The second-order valence-electron chi connectivity index (χ2n) is 10.9. The van der Waals surface area contributed by atoms with E-state index < -0.39 is 116 Å². The van der Waals surface area contributed by atoms with Crippen molar-refractivity contribution in [2.24, 2.45) is 5.92 Å². The summed E-state index contributed by atoms with van der Waals surface area (Å²) in [4.78, 5) is 23.8. The molecule has 2 aromatic rings. The van der Waals surface area contributed by atoms with Gasteiger partial charge in [0.05, 0.1) is 25.2 Å². The van der Waals surface area contributed by atoms with Gasteiger partial charge in [-0.3, -0.25) is 4.79 Å². The first kappa shape index (κ1) is 34.7. The van der Waals surface area contributed by atoms with E-state index in [9.17, 15) is 65.8 Å². The molecule has 4 rings (SSSR count). The van der Waals surface area contributed by atoms with E-state index in [-0.39, 0.29) is 22.1 Å². The van der Waals surface area contributed by atoms with E-state index in [0.29, 0.717) is 0 Å². The van der Waals surface area contributed by atoms with Crippen LogP contribution in [0.5, 0.6) is 11.5 Å². The number of fused-ring (bicyclic) bond motifs is 1. The number of aliphatic carboxylic acids is 1. The lowest BCUT2D eigenvalue weighted by atomic mass is 9.90. The molecule has 2 aliphatic heterocycles. The van der Waals surface area contributed by atoms with Crippen LogP contribution in [0.25, 0.3) is 10.8 Å². The van der Waals surface area contributed by atoms with Gasteiger partial charge in [-0.2, -0.15) is 0 Å². The smallest absolute Gasteiger partial charge is 0.339 e. The minimum absolute atomic E-state index is 0.0252. The van der Waals surface area contributed by atoms with E-state index in [1.807, 2.05) is 0 Å². The van der Waals surface area contributed by atoms with Gasteiger partial charge in [0, 0.05) is 22.8 Å². The molecule has 0 unspecified atom stereocenters. The number of hydrogen-bond donors (Lipinski definition) is 11. The van der Waals surface area contributed by atoms with Gasteiger partial charge in [0.1, 0.15) is 65.9 Å². The quantitative estimate of drug-likeness (QED) is 0.115. The summed E-state index contributed by atoms with van der Waals surface area (Å²) >= 11 is 0. The molecule has 0 aliphatic carbocycles. The van der Waals surface area contributed by atoms with Crippen molar-refractivity contribution >= 4 is 22.7 Å². The predicted molar refractivity (Wildman–Crippen MR) is 146 cm³/mol. The van der Waals surface area contributed by atoms with Crippen molar-refractivity contribution in [3.05, 3.63) is 35.4 Å². The second-order valence-corrected chi connectivity index (χ2v) is 10.9. The Labute approximate surface area is 254 Å². The third kappa shape index (κ3) is 6.83. The molecule has 0 amide bonds. The van der Waals surface area contributed by atoms with Crippen molar-refractivity contribution in [3.63, 3.8) is 0 Å². The van der Waals surface area contributed by atoms with Crippen LogP contribution < -0.4 is 4.74 Å². The fourth-order valence-electron chi connectivity index (χ4n) is 5.21. The van der Waals surface area contributed by atoms with Gasteiger partial charge in [0.15, 0.2) is 6.29 Å². The van der Waals surface area contributed by atoms with E-state index in [0.717, 1.165) is 0 Å². The summed E-state index contributed by atoms with van der Waals surface area (Å²) in [5.74, 6) is -5.48. The average Bonchev–Trinajstić information content (AvgIpc) is 3.01. The first-order valence-electron chi connectivity index (χ1n) is 13.9. The highest BCUT2D eigenvalue weighted by Crippen LogP contribution is 2.42. The van der Waals surface area contributed by atoms with Crippen LogP contribution in [0.15, 0.2) is 24.3 Å². The molecule has 45 heavy (non-hydrogen) atoms. The Balaban J connectivity index is 1.68. The largest absolute Gasteiger partial charge is 0.506 e. The maximum absolute atomic E-state index is 12.3. The molecule has 11 N–H and O–H groups in total. The average molecular weight is 645 g/mol. The van der Waals surface area contributed by atoms with E-state index >= 15 is 0 Å². The number of ether oxygens (including phenoxy) is 4. The first-order chi connectivity index (χ1) is 21.2. The lowest BCUT2D eigenvalue weighted by Gasteiger charge is -2.42. The molecule has 2 aliphatic rings. The van der Waals surface area contributed by atoms with Crippen LogP contribution in [0.1, 0.15) is 22.8 Å². The van der Waals surface area contributed by atoms with Crippen LogP contribution in [-0.2, 0) is 25.4 Å². The number of phenols is 1. The molecule has 17 nitrogen and oxygen atoms in total. The van der Waals surface area contributed by atoms with Crippen molar-refractivity contribution in [1.29, 1.82) is 0 Å². The molecule has 17 heteroatoms. The topological polar surface area (TPSA) is 294 Å². The third-order valence-corrected chi connectivity index (χ3v) is 8.01. The zero-order chi connectivity index (χ0) is 33.3. The fraction of sp³-hybridized carbons (Fsp3) is 0.571. The highest BCUT2D eigenvalue weighted by molar-refractivity contribution is 6.05. The molecule has 2 fully saturated rings. The molecule has 0 bridgehead atoms. The highest BCUT2D eigenvalue weighted by Gasteiger charge is 2.48. The summed E-state index contributed by atoms with van der Waals surface area (Å²) < 4.78 is 22.2. The first-order valence-corrected chi connectivity index (χ1v) is 13.9. The molecule has 2 aromatic carbocycles. The van der Waals surface area contributed by atoms with E-state index in [4.69, 9.17) is 18.9 Å². The van der Waals surface area contributed by atoms with Gasteiger partial charge < -0.3 is 75.1 Å². The second kappa shape index (κ2) is 14.1. The van der Waals surface area contributed by atoms with Crippen LogP contribution in [-0.4, -0.2) is 149 Å². The van der Waals surface area contributed by atoms with Crippen LogP contribution >= 0.6 is 0 Å². The Hall–Kier alpha value is -3.20. The molecule has 0 radical (unpaired) electrons. The summed E-state index contributed by atoms with van der Waals surface area (Å²) in [5.41, 5.74) is -1.08. The number of carbonyl (C=O) groups is 2. The van der Waals surface area contributed by atoms with Crippen LogP contribution in [0.2, 0.25) is 0 Å². The summed E-state index contributed by atoms with van der Waals surface area (Å²) in [6.45, 7) is -0.234. The Bertz CT molecular complexity index is 1370. The molecule has 12 atom stereocenters. The van der Waals surface area contributed by atoms with Crippen LogP contribution in [0.4, 0.5) is 0 Å². The number of aromatic carboxylic acids is 1. The van der Waals surface area contributed by atoms with E-state index in [2.05, 4.69) is 0 Å². The molecular formula is C28H36O17. The number of hydrogen-bond acceptors (Lipinski definition) is 15. The SMILES string of the molecule is C[C@@H](C(=O)O)[C@H](O)Cc1c(C(=O)O)c(O)c2ccccc2c1O[C@@H]1O[C@H](CO[C@@H]2O[C@H](CO)[C@@H](O)[C@H](O)[C@H]2O)[C@@H](O)[C@H](O)[C@H]1O. The zero-order valence-corrected chi connectivity index (χ0v) is 23.7. The lowest BCUT2D eigenvalue weighted by molar-refractivity contribution is -0.323. The standard InChI is InChI=1S/C28H36O17/c1-9(25(38)39)13(30)6-12-16(26(40)41)17(31)10-4-2-3-5-11(10)24(12)45-28-23(37)21(35)19(33)15(44-28)8-42-27-22(36)20(34)18(32)14(7-29)43-27/h2-5,9,13-15,18-23,27-37H,6-8H2,1H3,(H,38,39)(H,40,41)/t9-,13-,14-,15-,18-,19-,20+,21+,22-,23-,27-,28+/m1/s1. The number of carboxylic acid groups (broad SMARTS) is 2. The third-order valence-electron chi connectivity index (χ3n) is 8.01. The fourth-order valence-corrected chi connectivity index (χ4v) is 5.21. The van der Waals surface area contributed by atoms with Crippen molar-refractivity contribution in [2.45, 2.75) is 80.9 Å². The lowest BCUT2D eigenvalue weighted by Crippen LogP contribution is -2.62. The number of benzene rings is 2. The Kier molecular flexibility index (Phi) is 10.8. The van der Waals surface area contributed by atoms with Crippen molar-refractivity contribution in [1.82, 2.24) is 0 Å². The Morgan fingerprint density at radius 3 is 1.98 bits per heavy atom. The van der Waals surface area contributed by atoms with Crippen molar-refractivity contribution in [3.8, 4) is 11.5 Å². The molecule has 2 heterocycles. The van der Waals surface area contributed by atoms with Gasteiger partial charge in [-0.1, -0.05) is 24.3 Å². The Morgan fingerprint density at radius 1 is 0.844 bits per heavy atom. The van der Waals surface area contributed by atoms with E-state index in [1.165, 1.54) is 31.2 Å². The number of rotatable bonds is 11. The molecule has 0 spiro atoms. The number of aromatic hydroxyl groups is 1. The summed E-state index contributed by atoms with van der Waals surface area (Å²) in [6, 6.07) is 5.75. The van der Waals surface area contributed by atoms with Gasteiger partial charge in [0.25, 0.3) is 0 Å². The van der Waals surface area contributed by atoms with Gasteiger partial charge in [-0.05, 0) is 6.92 Å². The maximum Gasteiger partial charge on any atom is 0.339 e. The molecule has 250 valence electrons. The van der Waals surface area contributed by atoms with Crippen molar-refractivity contribution in [2.75, 3.05) is 13.2 Å². The normalized spacial score (nSPS) is 33.4. The number of carboxylic acids is 2. The van der Waals surface area contributed by atoms with Gasteiger partial charge in [0.2, 0.25) is 6.29 Å². The number of aliphatic hydroxyl groups excluding tert-OH is 8. The molecule has 2 saturated heterocycles. The molecule has 0 aromatic heterocycles. The van der Waals surface area contributed by atoms with E-state index in [1.54, 1.807) is 0 Å². The zero-order valence-electron chi connectivity index (χ0n) is 23.7. The number of aliphatic hydroxyl groups is 8. The minimum Gasteiger partial charge on any atom is -0.506 e. The van der Waals surface area contributed by atoms with Crippen LogP contribution in [0.3, 0.4) is 0 Å². The molecular weight excluding hydrogens is 608 g/mol. The van der Waals surface area contributed by atoms with Crippen LogP contribution in [0, 0.1) is 5.92 Å². The van der Waals surface area contributed by atoms with Gasteiger partial charge in [-0.25, -0.2) is 4.79 Å². The van der Waals surface area contributed by atoms with Gasteiger partial charge >= 0.3 is 11.9 Å². The highest BCUT2D eigenvalue weighted by atomic mass is 16.7. The van der Waals surface area contributed by atoms with Gasteiger partial charge in [-0.15, -0.1) is 0 Å². The maximum atomic E-state index is 12.3. The van der Waals surface area contributed by atoms with Crippen molar-refractivity contribution < 1.29 is 84.7 Å². The summed E-state index contributed by atoms with van der Waals surface area (Å²) in [6.07, 6.45) is -19.6. The predicted octanol–water partition coefficient (Wildman–Crippen LogP) is -3.13.